The van der Waals surface area contributed by atoms with Gasteiger partial charge in [0, 0.05) is 0 Å². The number of thiophene rings is 1. The second-order valence-electron chi connectivity index (χ2n) is 1.58. The first-order chi connectivity index (χ1) is 4.34. The third kappa shape index (κ3) is 1.37. The van der Waals surface area contributed by atoms with Gasteiger partial charge < -0.3 is 5.11 Å². The smallest absolute Gasteiger partial charge is 0.234 e. The van der Waals surface area contributed by atoms with E-state index in [0.717, 1.165) is 0 Å². The lowest BCUT2D eigenvalue weighted by atomic mass is 10.2. The highest BCUT2D eigenvalue weighted by molar-refractivity contribution is 7.08. The molecule has 1 aromatic rings. The predicted octanol–water partition coefficient (Wildman–Crippen LogP) is 0.891. The molecule has 0 aliphatic carbocycles. The normalized spacial score (nSPS) is 13.0. The molecule has 0 spiro atoms. The van der Waals surface area contributed by atoms with Gasteiger partial charge in [-0.05, 0) is 22.4 Å². The van der Waals surface area contributed by atoms with E-state index in [4.69, 9.17) is 5.11 Å². The summed E-state index contributed by atoms with van der Waals surface area (Å²) in [6, 6.07) is 1.69. The van der Waals surface area contributed by atoms with Crippen molar-refractivity contribution in [2.45, 2.75) is 6.10 Å². The van der Waals surface area contributed by atoms with Crippen LogP contribution in [0.2, 0.25) is 0 Å². The number of hydrogen-bond donors (Lipinski definition) is 1. The highest BCUT2D eigenvalue weighted by atomic mass is 32.1. The summed E-state index contributed by atoms with van der Waals surface area (Å²) in [5.41, 5.74) is 0.620. The van der Waals surface area contributed by atoms with E-state index in [2.05, 4.69) is 0 Å². The maximum absolute atomic E-state index is 9.83. The van der Waals surface area contributed by atoms with Crippen LogP contribution < -0.4 is 0 Å². The summed E-state index contributed by atoms with van der Waals surface area (Å²) in [6.45, 7) is 0. The average Bonchev–Trinajstić information content (AvgIpc) is 2.37. The molecule has 1 unspecified atom stereocenters. The van der Waals surface area contributed by atoms with Gasteiger partial charge in [-0.25, -0.2) is 0 Å². The molecular weight excluding hydrogens is 136 g/mol. The van der Waals surface area contributed by atoms with E-state index in [1.165, 1.54) is 17.6 Å². The van der Waals surface area contributed by atoms with Crippen molar-refractivity contribution in [1.82, 2.24) is 0 Å². The molecule has 0 saturated carbocycles. The number of hydrogen-bond acceptors (Lipinski definition) is 3. The molecule has 0 saturated heterocycles. The summed E-state index contributed by atoms with van der Waals surface area (Å²) < 4.78 is 0. The molecule has 47 valence electrons. The van der Waals surface area contributed by atoms with Crippen molar-refractivity contribution < 1.29 is 9.90 Å². The summed E-state index contributed by atoms with van der Waals surface area (Å²) in [6.07, 6.45) is 0.421. The van der Waals surface area contributed by atoms with Crippen LogP contribution in [-0.2, 0) is 4.79 Å². The van der Waals surface area contributed by atoms with Gasteiger partial charge in [0.2, 0.25) is 6.29 Å². The van der Waals surface area contributed by atoms with Gasteiger partial charge in [-0.1, -0.05) is 0 Å². The SMILES string of the molecule is O=[C]C(O)c1ccsc1. The Bertz CT molecular complexity index is 181. The molecule has 1 heterocycles. The maximum Gasteiger partial charge on any atom is 0.234 e. The molecular formula is C6H5O2S. The molecule has 0 amide bonds. The van der Waals surface area contributed by atoms with E-state index < -0.39 is 6.10 Å². The topological polar surface area (TPSA) is 37.3 Å². The van der Waals surface area contributed by atoms with Crippen molar-refractivity contribution >= 4 is 17.6 Å². The van der Waals surface area contributed by atoms with Gasteiger partial charge >= 0.3 is 0 Å². The van der Waals surface area contributed by atoms with E-state index in [9.17, 15) is 4.79 Å². The molecule has 1 aromatic heterocycles. The Morgan fingerprint density at radius 3 is 3.00 bits per heavy atom. The quantitative estimate of drug-likeness (QED) is 0.664. The lowest BCUT2D eigenvalue weighted by Gasteiger charge is -1.93. The zero-order chi connectivity index (χ0) is 6.69. The molecule has 1 rings (SSSR count). The lowest BCUT2D eigenvalue weighted by Crippen LogP contribution is -1.94. The van der Waals surface area contributed by atoms with Gasteiger partial charge in [0.05, 0.1) is 0 Å². The summed E-state index contributed by atoms with van der Waals surface area (Å²) in [7, 11) is 0. The minimum absolute atomic E-state index is 0.620. The Labute approximate surface area is 56.8 Å². The van der Waals surface area contributed by atoms with Crippen LogP contribution in [0.15, 0.2) is 16.8 Å². The minimum Gasteiger partial charge on any atom is -0.380 e. The first-order valence-electron chi connectivity index (χ1n) is 2.42. The third-order valence-electron chi connectivity index (χ3n) is 0.971. The molecule has 0 fully saturated rings. The fraction of sp³-hybridized carbons (Fsp3) is 0.167. The number of aliphatic hydroxyl groups excluding tert-OH is 1. The molecule has 0 aliphatic rings. The van der Waals surface area contributed by atoms with Crippen molar-refractivity contribution in [3.05, 3.63) is 22.4 Å². The molecule has 0 bridgehead atoms. The molecule has 2 nitrogen and oxygen atoms in total. The number of aliphatic hydroxyl groups is 1. The second kappa shape index (κ2) is 2.75. The fourth-order valence-corrected chi connectivity index (χ4v) is 1.18. The Kier molecular flexibility index (Phi) is 1.97. The van der Waals surface area contributed by atoms with E-state index in [-0.39, 0.29) is 0 Å². The van der Waals surface area contributed by atoms with Crippen LogP contribution in [0.4, 0.5) is 0 Å². The van der Waals surface area contributed by atoms with Crippen molar-refractivity contribution in [3.63, 3.8) is 0 Å². The van der Waals surface area contributed by atoms with Crippen LogP contribution in [-0.4, -0.2) is 11.4 Å². The van der Waals surface area contributed by atoms with Gasteiger partial charge in [-0.15, -0.1) is 0 Å². The standard InChI is InChI=1S/C6H5O2S/c7-3-6(8)5-1-2-9-4-5/h1-2,4,6,8H. The summed E-state index contributed by atoms with van der Waals surface area (Å²) in [5, 5.41) is 12.3. The maximum atomic E-state index is 9.83. The van der Waals surface area contributed by atoms with E-state index in [0.29, 0.717) is 5.56 Å². The zero-order valence-corrected chi connectivity index (χ0v) is 5.39. The Hall–Kier alpha value is -0.670. The van der Waals surface area contributed by atoms with Gasteiger partial charge in [-0.2, -0.15) is 11.3 Å². The summed E-state index contributed by atoms with van der Waals surface area (Å²) in [4.78, 5) is 9.83. The van der Waals surface area contributed by atoms with Crippen LogP contribution in [0.25, 0.3) is 0 Å². The summed E-state index contributed by atoms with van der Waals surface area (Å²) >= 11 is 1.44. The number of rotatable bonds is 2. The molecule has 1 radical (unpaired) electrons. The molecule has 3 heteroatoms. The van der Waals surface area contributed by atoms with Gasteiger partial charge in [0.15, 0.2) is 0 Å². The Balaban J connectivity index is 2.76. The van der Waals surface area contributed by atoms with Crippen LogP contribution >= 0.6 is 11.3 Å². The fourth-order valence-electron chi connectivity index (χ4n) is 0.499. The largest absolute Gasteiger partial charge is 0.380 e. The van der Waals surface area contributed by atoms with Crippen molar-refractivity contribution in [1.29, 1.82) is 0 Å². The van der Waals surface area contributed by atoms with E-state index in [1.54, 1.807) is 16.8 Å². The monoisotopic (exact) mass is 141 g/mol. The van der Waals surface area contributed by atoms with Gasteiger partial charge in [-0.3, -0.25) is 4.79 Å². The summed E-state index contributed by atoms with van der Waals surface area (Å²) in [5.74, 6) is 0. The molecule has 0 aromatic carbocycles. The van der Waals surface area contributed by atoms with E-state index >= 15 is 0 Å². The second-order valence-corrected chi connectivity index (χ2v) is 2.36. The molecule has 1 atom stereocenters. The van der Waals surface area contributed by atoms with Crippen LogP contribution in [0.5, 0.6) is 0 Å². The van der Waals surface area contributed by atoms with Gasteiger partial charge in [0.25, 0.3) is 0 Å². The van der Waals surface area contributed by atoms with Crippen molar-refractivity contribution in [2.24, 2.45) is 0 Å². The van der Waals surface area contributed by atoms with E-state index in [1.807, 2.05) is 0 Å². The molecule has 1 N–H and O–H groups in total. The lowest BCUT2D eigenvalue weighted by molar-refractivity contribution is 0.240. The first-order valence-corrected chi connectivity index (χ1v) is 3.36. The average molecular weight is 141 g/mol. The Morgan fingerprint density at radius 2 is 2.56 bits per heavy atom. The van der Waals surface area contributed by atoms with Crippen molar-refractivity contribution in [2.75, 3.05) is 0 Å². The predicted molar refractivity (Wildman–Crippen MR) is 35.0 cm³/mol. The third-order valence-corrected chi connectivity index (χ3v) is 1.67. The van der Waals surface area contributed by atoms with Gasteiger partial charge in [0.1, 0.15) is 6.10 Å². The Morgan fingerprint density at radius 1 is 1.78 bits per heavy atom. The van der Waals surface area contributed by atoms with Crippen LogP contribution in [0.3, 0.4) is 0 Å². The van der Waals surface area contributed by atoms with Crippen LogP contribution in [0.1, 0.15) is 11.7 Å². The molecule has 9 heavy (non-hydrogen) atoms. The highest BCUT2D eigenvalue weighted by Gasteiger charge is 2.04. The van der Waals surface area contributed by atoms with Crippen molar-refractivity contribution in [3.8, 4) is 0 Å². The minimum atomic E-state index is -1.06. The number of carbonyl (C=O) groups excluding carboxylic acids is 1. The first kappa shape index (κ1) is 6.45. The van der Waals surface area contributed by atoms with Crippen LogP contribution in [0, 0.1) is 0 Å². The molecule has 0 aliphatic heterocycles. The highest BCUT2D eigenvalue weighted by Crippen LogP contribution is 2.13. The zero-order valence-electron chi connectivity index (χ0n) is 4.57.